The number of ether oxygens (including phenoxy) is 1. The van der Waals surface area contributed by atoms with Gasteiger partial charge in [0, 0.05) is 10.6 Å². The molecule has 2 unspecified atom stereocenters. The second-order valence-electron chi connectivity index (χ2n) is 5.71. The molecule has 0 aliphatic carbocycles. The highest BCUT2D eigenvalue weighted by Gasteiger charge is 2.34. The number of aromatic nitrogens is 3. The number of benzene rings is 1. The van der Waals surface area contributed by atoms with Gasteiger partial charge in [0.15, 0.2) is 0 Å². The van der Waals surface area contributed by atoms with Crippen molar-refractivity contribution >= 4 is 23.2 Å². The highest BCUT2D eigenvalue weighted by molar-refractivity contribution is 6.35. The van der Waals surface area contributed by atoms with Gasteiger partial charge < -0.3 is 9.84 Å². The average Bonchev–Trinajstić information content (AvgIpc) is 2.98. The first-order chi connectivity index (χ1) is 10.9. The van der Waals surface area contributed by atoms with Crippen molar-refractivity contribution in [3.05, 3.63) is 46.5 Å². The number of nitrogens with zero attached hydrogens (tertiary/aromatic N) is 3. The summed E-state index contributed by atoms with van der Waals surface area (Å²) in [5, 5.41) is 16.0. The molecule has 7 heteroatoms. The molecule has 2 rings (SSSR count). The van der Waals surface area contributed by atoms with Crippen molar-refractivity contribution in [1.29, 1.82) is 0 Å². The summed E-state index contributed by atoms with van der Waals surface area (Å²) in [6.07, 6.45) is 5.01. The first kappa shape index (κ1) is 18.2. The van der Waals surface area contributed by atoms with E-state index >= 15 is 0 Å². The minimum Gasteiger partial charge on any atom is -0.360 e. The SMILES string of the molecule is CCCC(C)COC(O)(Cn1cncn1)c1ccc(Cl)cc1Cl. The zero-order valence-corrected chi connectivity index (χ0v) is 14.8. The third kappa shape index (κ3) is 4.91. The summed E-state index contributed by atoms with van der Waals surface area (Å²) in [6.45, 7) is 4.71. The van der Waals surface area contributed by atoms with Crippen LogP contribution in [0.1, 0.15) is 32.3 Å². The maximum Gasteiger partial charge on any atom is 0.214 e. The van der Waals surface area contributed by atoms with E-state index in [1.54, 1.807) is 18.2 Å². The van der Waals surface area contributed by atoms with E-state index in [0.717, 1.165) is 12.8 Å². The lowest BCUT2D eigenvalue weighted by Crippen LogP contribution is -2.36. The van der Waals surface area contributed by atoms with Gasteiger partial charge in [0.1, 0.15) is 19.2 Å². The van der Waals surface area contributed by atoms with Crippen LogP contribution in [-0.4, -0.2) is 26.5 Å². The van der Waals surface area contributed by atoms with Gasteiger partial charge in [-0.15, -0.1) is 0 Å². The van der Waals surface area contributed by atoms with Crippen LogP contribution in [0.15, 0.2) is 30.9 Å². The molecule has 126 valence electrons. The van der Waals surface area contributed by atoms with E-state index in [9.17, 15) is 5.11 Å². The van der Waals surface area contributed by atoms with Crippen LogP contribution in [0.2, 0.25) is 10.0 Å². The number of aliphatic hydroxyl groups is 1. The summed E-state index contributed by atoms with van der Waals surface area (Å²) in [5.74, 6) is -1.27. The van der Waals surface area contributed by atoms with Crippen molar-refractivity contribution in [3.63, 3.8) is 0 Å². The second kappa shape index (κ2) is 8.11. The van der Waals surface area contributed by atoms with Crippen LogP contribution in [0.3, 0.4) is 0 Å². The summed E-state index contributed by atoms with van der Waals surface area (Å²) >= 11 is 12.2. The summed E-state index contributed by atoms with van der Waals surface area (Å²) in [5.41, 5.74) is 0.461. The van der Waals surface area contributed by atoms with E-state index < -0.39 is 5.79 Å². The van der Waals surface area contributed by atoms with Gasteiger partial charge in [0.2, 0.25) is 5.79 Å². The standard InChI is InChI=1S/C16H21Cl2N3O2/c1-3-4-12(2)8-23-16(22,9-21-11-19-10-20-21)14-6-5-13(17)7-15(14)18/h5-7,10-12,22H,3-4,8-9H2,1-2H3. The van der Waals surface area contributed by atoms with Crippen molar-refractivity contribution < 1.29 is 9.84 Å². The van der Waals surface area contributed by atoms with E-state index in [-0.39, 0.29) is 6.54 Å². The predicted octanol–water partition coefficient (Wildman–Crippen LogP) is 3.88. The fraction of sp³-hybridized carbons (Fsp3) is 0.500. The molecular weight excluding hydrogens is 337 g/mol. The maximum atomic E-state index is 11.1. The summed E-state index contributed by atoms with van der Waals surface area (Å²) < 4.78 is 7.37. The maximum absolute atomic E-state index is 11.1. The first-order valence-corrected chi connectivity index (χ1v) is 8.34. The molecular formula is C16H21Cl2N3O2. The molecule has 0 amide bonds. The molecule has 5 nitrogen and oxygen atoms in total. The zero-order chi connectivity index (χ0) is 16.9. The Kier molecular flexibility index (Phi) is 6.41. The molecule has 2 aromatic rings. The van der Waals surface area contributed by atoms with Crippen molar-refractivity contribution in [1.82, 2.24) is 14.8 Å². The predicted molar refractivity (Wildman–Crippen MR) is 90.4 cm³/mol. The van der Waals surface area contributed by atoms with Crippen LogP contribution in [0, 0.1) is 5.92 Å². The van der Waals surface area contributed by atoms with E-state index in [4.69, 9.17) is 27.9 Å². The third-order valence-electron chi connectivity index (χ3n) is 3.58. The van der Waals surface area contributed by atoms with Crippen molar-refractivity contribution in [2.45, 2.75) is 39.0 Å². The van der Waals surface area contributed by atoms with E-state index in [1.807, 2.05) is 0 Å². The van der Waals surface area contributed by atoms with Gasteiger partial charge in [0.05, 0.1) is 11.6 Å². The van der Waals surface area contributed by atoms with Crippen LogP contribution in [0.25, 0.3) is 0 Å². The lowest BCUT2D eigenvalue weighted by molar-refractivity contribution is -0.228. The second-order valence-corrected chi connectivity index (χ2v) is 6.55. The molecule has 0 aliphatic rings. The van der Waals surface area contributed by atoms with Gasteiger partial charge in [-0.05, 0) is 24.5 Å². The van der Waals surface area contributed by atoms with Crippen LogP contribution < -0.4 is 0 Å². The number of rotatable bonds is 8. The van der Waals surface area contributed by atoms with E-state index in [2.05, 4.69) is 23.9 Å². The smallest absolute Gasteiger partial charge is 0.214 e. The van der Waals surface area contributed by atoms with Gasteiger partial charge in [-0.3, -0.25) is 0 Å². The fourth-order valence-electron chi connectivity index (χ4n) is 2.41. The molecule has 1 aromatic heterocycles. The van der Waals surface area contributed by atoms with Crippen molar-refractivity contribution in [2.24, 2.45) is 5.92 Å². The molecule has 23 heavy (non-hydrogen) atoms. The van der Waals surface area contributed by atoms with Gasteiger partial charge in [-0.25, -0.2) is 9.67 Å². The highest BCUT2D eigenvalue weighted by atomic mass is 35.5. The molecule has 1 N–H and O–H groups in total. The van der Waals surface area contributed by atoms with Gasteiger partial charge >= 0.3 is 0 Å². The molecule has 0 fully saturated rings. The van der Waals surface area contributed by atoms with E-state index in [1.165, 1.54) is 17.3 Å². The van der Waals surface area contributed by atoms with Crippen molar-refractivity contribution in [3.8, 4) is 0 Å². The first-order valence-electron chi connectivity index (χ1n) is 7.59. The Morgan fingerprint density at radius 2 is 2.17 bits per heavy atom. The van der Waals surface area contributed by atoms with Crippen LogP contribution >= 0.6 is 23.2 Å². The molecule has 0 radical (unpaired) electrons. The molecule has 0 spiro atoms. The Labute approximate surface area is 146 Å². The molecule has 0 saturated carbocycles. The van der Waals surface area contributed by atoms with Gasteiger partial charge in [0.25, 0.3) is 0 Å². The molecule has 0 saturated heterocycles. The monoisotopic (exact) mass is 357 g/mol. The van der Waals surface area contributed by atoms with Crippen LogP contribution in [0.4, 0.5) is 0 Å². The Morgan fingerprint density at radius 1 is 1.39 bits per heavy atom. The molecule has 1 aromatic carbocycles. The third-order valence-corrected chi connectivity index (χ3v) is 4.13. The van der Waals surface area contributed by atoms with Crippen LogP contribution in [0.5, 0.6) is 0 Å². The van der Waals surface area contributed by atoms with Crippen molar-refractivity contribution in [2.75, 3.05) is 6.61 Å². The van der Waals surface area contributed by atoms with Crippen LogP contribution in [-0.2, 0) is 17.1 Å². The quantitative estimate of drug-likeness (QED) is 0.728. The normalized spacial score (nSPS) is 15.3. The van der Waals surface area contributed by atoms with E-state index in [0.29, 0.717) is 28.1 Å². The lowest BCUT2D eigenvalue weighted by atomic mass is 10.0. The minimum absolute atomic E-state index is 0.0905. The number of halogens is 2. The van der Waals surface area contributed by atoms with Gasteiger partial charge in [-0.2, -0.15) is 5.10 Å². The summed E-state index contributed by atoms with van der Waals surface area (Å²) in [6, 6.07) is 4.93. The highest BCUT2D eigenvalue weighted by Crippen LogP contribution is 2.33. The molecule has 2 atom stereocenters. The largest absolute Gasteiger partial charge is 0.360 e. The Bertz CT molecular complexity index is 622. The summed E-state index contributed by atoms with van der Waals surface area (Å²) in [7, 11) is 0. The minimum atomic E-state index is -1.60. The summed E-state index contributed by atoms with van der Waals surface area (Å²) in [4.78, 5) is 3.89. The average molecular weight is 358 g/mol. The molecule has 0 bridgehead atoms. The Balaban J connectivity index is 2.26. The topological polar surface area (TPSA) is 60.2 Å². The Hall–Kier alpha value is -1.14. The number of hydrogen-bond donors (Lipinski definition) is 1. The lowest BCUT2D eigenvalue weighted by Gasteiger charge is -2.30. The molecule has 1 heterocycles. The zero-order valence-electron chi connectivity index (χ0n) is 13.2. The van der Waals surface area contributed by atoms with Gasteiger partial charge in [-0.1, -0.05) is 49.5 Å². The molecule has 0 aliphatic heterocycles. The number of hydrogen-bond acceptors (Lipinski definition) is 4. The fourth-order valence-corrected chi connectivity index (χ4v) is 2.96. The Morgan fingerprint density at radius 3 is 2.78 bits per heavy atom.